The molecule has 4 heteroatoms. The number of hydrogen-bond donors (Lipinski definition) is 1. The first-order valence-corrected chi connectivity index (χ1v) is 7.08. The van der Waals surface area contributed by atoms with E-state index in [4.69, 9.17) is 0 Å². The van der Waals surface area contributed by atoms with Crippen molar-refractivity contribution in [3.05, 3.63) is 18.7 Å². The van der Waals surface area contributed by atoms with Crippen LogP contribution in [0.2, 0.25) is 0 Å². The van der Waals surface area contributed by atoms with Crippen molar-refractivity contribution < 1.29 is 0 Å². The van der Waals surface area contributed by atoms with Gasteiger partial charge in [-0.15, -0.1) is 0 Å². The first kappa shape index (κ1) is 13.6. The first-order valence-electron chi connectivity index (χ1n) is 7.08. The topological polar surface area (TPSA) is 33.1 Å². The van der Waals surface area contributed by atoms with Crippen molar-refractivity contribution in [1.29, 1.82) is 0 Å². The van der Waals surface area contributed by atoms with Crippen molar-refractivity contribution in [1.82, 2.24) is 19.8 Å². The summed E-state index contributed by atoms with van der Waals surface area (Å²) in [5.41, 5.74) is 0.293. The second-order valence-electron chi connectivity index (χ2n) is 5.77. The van der Waals surface area contributed by atoms with Crippen molar-refractivity contribution in [2.45, 2.75) is 51.7 Å². The molecule has 0 aromatic carbocycles. The maximum Gasteiger partial charge on any atom is 0.0945 e. The molecule has 2 rings (SSSR count). The normalized spacial score (nSPS) is 29.6. The average Bonchev–Trinajstić information content (AvgIpc) is 2.87. The van der Waals surface area contributed by atoms with Crippen LogP contribution in [-0.4, -0.2) is 45.7 Å². The fourth-order valence-electron chi connectivity index (χ4n) is 2.59. The number of piperazine rings is 1. The molecule has 1 fully saturated rings. The fourth-order valence-corrected chi connectivity index (χ4v) is 2.59. The molecule has 1 aliphatic heterocycles. The Labute approximate surface area is 110 Å². The molecular weight excluding hydrogens is 224 g/mol. The van der Waals surface area contributed by atoms with Crippen LogP contribution in [0.5, 0.6) is 0 Å². The molecule has 18 heavy (non-hydrogen) atoms. The lowest BCUT2D eigenvalue weighted by molar-refractivity contribution is 0.0909. The lowest BCUT2D eigenvalue weighted by Gasteiger charge is -2.45. The van der Waals surface area contributed by atoms with Gasteiger partial charge in [0.15, 0.2) is 0 Å². The van der Waals surface area contributed by atoms with E-state index in [-0.39, 0.29) is 0 Å². The minimum Gasteiger partial charge on any atom is -0.337 e. The highest BCUT2D eigenvalue weighted by molar-refractivity contribution is 4.92. The summed E-state index contributed by atoms with van der Waals surface area (Å²) in [5, 5.41) is 3.67. The molecule has 0 amide bonds. The highest BCUT2D eigenvalue weighted by Gasteiger charge is 2.31. The third-order valence-electron chi connectivity index (χ3n) is 4.20. The van der Waals surface area contributed by atoms with E-state index in [0.717, 1.165) is 19.6 Å². The highest BCUT2D eigenvalue weighted by atomic mass is 15.2. The zero-order valence-electron chi connectivity index (χ0n) is 11.9. The zero-order chi connectivity index (χ0) is 13.0. The number of aromatic nitrogens is 2. The van der Waals surface area contributed by atoms with Gasteiger partial charge in [-0.25, -0.2) is 4.98 Å². The quantitative estimate of drug-likeness (QED) is 0.864. The monoisotopic (exact) mass is 250 g/mol. The van der Waals surface area contributed by atoms with Crippen LogP contribution in [0, 0.1) is 0 Å². The summed E-state index contributed by atoms with van der Waals surface area (Å²) in [7, 11) is 0. The molecule has 2 heterocycles. The van der Waals surface area contributed by atoms with E-state index >= 15 is 0 Å². The van der Waals surface area contributed by atoms with Crippen molar-refractivity contribution in [3.63, 3.8) is 0 Å². The molecule has 1 saturated heterocycles. The minimum atomic E-state index is 0.293. The molecule has 0 saturated carbocycles. The Balaban J connectivity index is 1.80. The largest absolute Gasteiger partial charge is 0.337 e. The van der Waals surface area contributed by atoms with Gasteiger partial charge in [0.2, 0.25) is 0 Å². The fraction of sp³-hybridized carbons (Fsp3) is 0.786. The van der Waals surface area contributed by atoms with Crippen LogP contribution in [0.4, 0.5) is 0 Å². The SMILES string of the molecule is CCC1(C)CN(CCCn2ccnc2)C(C)CN1. The van der Waals surface area contributed by atoms with Crippen molar-refractivity contribution in [3.8, 4) is 0 Å². The lowest BCUT2D eigenvalue weighted by atomic mass is 9.94. The molecule has 1 aromatic rings. The van der Waals surface area contributed by atoms with E-state index in [2.05, 4.69) is 40.5 Å². The number of nitrogens with zero attached hydrogens (tertiary/aromatic N) is 3. The summed E-state index contributed by atoms with van der Waals surface area (Å²) in [6.07, 6.45) is 8.18. The van der Waals surface area contributed by atoms with Gasteiger partial charge >= 0.3 is 0 Å². The third-order valence-corrected chi connectivity index (χ3v) is 4.20. The van der Waals surface area contributed by atoms with Gasteiger partial charge < -0.3 is 9.88 Å². The third kappa shape index (κ3) is 3.33. The van der Waals surface area contributed by atoms with Gasteiger partial charge in [0, 0.05) is 50.2 Å². The molecule has 0 radical (unpaired) electrons. The van der Waals surface area contributed by atoms with Crippen LogP contribution in [-0.2, 0) is 6.54 Å². The van der Waals surface area contributed by atoms with Crippen LogP contribution in [0.1, 0.15) is 33.6 Å². The number of aryl methyl sites for hydroxylation is 1. The van der Waals surface area contributed by atoms with Gasteiger partial charge in [0.1, 0.15) is 0 Å². The molecule has 1 N–H and O–H groups in total. The molecule has 0 aliphatic carbocycles. The Morgan fingerprint density at radius 2 is 2.28 bits per heavy atom. The molecule has 1 aromatic heterocycles. The Kier molecular flexibility index (Phi) is 4.40. The first-order chi connectivity index (χ1) is 8.63. The number of rotatable bonds is 5. The second kappa shape index (κ2) is 5.85. The molecule has 0 bridgehead atoms. The number of nitrogens with one attached hydrogen (secondary N) is 1. The van der Waals surface area contributed by atoms with E-state index in [0.29, 0.717) is 11.6 Å². The molecule has 102 valence electrons. The molecule has 4 nitrogen and oxygen atoms in total. The van der Waals surface area contributed by atoms with Gasteiger partial charge in [0.05, 0.1) is 6.33 Å². The maximum absolute atomic E-state index is 4.08. The lowest BCUT2D eigenvalue weighted by Crippen LogP contribution is -2.62. The van der Waals surface area contributed by atoms with Gasteiger partial charge in [-0.2, -0.15) is 0 Å². The van der Waals surface area contributed by atoms with E-state index < -0.39 is 0 Å². The van der Waals surface area contributed by atoms with E-state index in [1.165, 1.54) is 19.4 Å². The predicted molar refractivity (Wildman–Crippen MR) is 74.6 cm³/mol. The Bertz CT molecular complexity index is 349. The van der Waals surface area contributed by atoms with Gasteiger partial charge in [0.25, 0.3) is 0 Å². The van der Waals surface area contributed by atoms with Crippen LogP contribution in [0.15, 0.2) is 18.7 Å². The van der Waals surface area contributed by atoms with Crippen LogP contribution >= 0.6 is 0 Å². The summed E-state index contributed by atoms with van der Waals surface area (Å²) in [5.74, 6) is 0. The van der Waals surface area contributed by atoms with Crippen LogP contribution in [0.25, 0.3) is 0 Å². The van der Waals surface area contributed by atoms with Crippen LogP contribution < -0.4 is 5.32 Å². The van der Waals surface area contributed by atoms with Crippen LogP contribution in [0.3, 0.4) is 0 Å². The van der Waals surface area contributed by atoms with Gasteiger partial charge in [-0.1, -0.05) is 6.92 Å². The standard InChI is InChI=1S/C14H26N4/c1-4-14(3)11-18(13(2)10-16-14)8-5-7-17-9-6-15-12-17/h6,9,12-13,16H,4-5,7-8,10-11H2,1-3H3. The maximum atomic E-state index is 4.08. The Morgan fingerprint density at radius 3 is 2.94 bits per heavy atom. The average molecular weight is 250 g/mol. The minimum absolute atomic E-state index is 0.293. The summed E-state index contributed by atoms with van der Waals surface area (Å²) in [4.78, 5) is 6.70. The highest BCUT2D eigenvalue weighted by Crippen LogP contribution is 2.18. The van der Waals surface area contributed by atoms with E-state index in [1.54, 1.807) is 0 Å². The molecular formula is C14H26N4. The summed E-state index contributed by atoms with van der Waals surface area (Å²) in [6, 6.07) is 0.646. The van der Waals surface area contributed by atoms with Gasteiger partial charge in [-0.3, -0.25) is 4.90 Å². The molecule has 0 spiro atoms. The summed E-state index contributed by atoms with van der Waals surface area (Å²) < 4.78 is 2.16. The van der Waals surface area contributed by atoms with Crippen molar-refractivity contribution in [2.75, 3.05) is 19.6 Å². The molecule has 2 unspecified atom stereocenters. The Hall–Kier alpha value is -0.870. The molecule has 1 aliphatic rings. The smallest absolute Gasteiger partial charge is 0.0945 e. The number of imidazole rings is 1. The summed E-state index contributed by atoms with van der Waals surface area (Å²) in [6.45, 7) is 11.4. The van der Waals surface area contributed by atoms with Gasteiger partial charge in [-0.05, 0) is 26.7 Å². The summed E-state index contributed by atoms with van der Waals surface area (Å²) >= 11 is 0. The predicted octanol–water partition coefficient (Wildman–Crippen LogP) is 1.74. The zero-order valence-corrected chi connectivity index (χ0v) is 11.9. The second-order valence-corrected chi connectivity index (χ2v) is 5.77. The van der Waals surface area contributed by atoms with Crippen molar-refractivity contribution in [2.24, 2.45) is 0 Å². The molecule has 2 atom stereocenters. The van der Waals surface area contributed by atoms with E-state index in [1.807, 2.05) is 18.7 Å². The van der Waals surface area contributed by atoms with Crippen molar-refractivity contribution >= 4 is 0 Å². The number of hydrogen-bond acceptors (Lipinski definition) is 3. The van der Waals surface area contributed by atoms with E-state index in [9.17, 15) is 0 Å². The Morgan fingerprint density at radius 1 is 1.44 bits per heavy atom.